The number of rotatable bonds is 6. The fourth-order valence-corrected chi connectivity index (χ4v) is 4.09. The van der Waals surface area contributed by atoms with Crippen LogP contribution in [-0.4, -0.2) is 42.0 Å². The van der Waals surface area contributed by atoms with Crippen molar-refractivity contribution < 1.29 is 4.79 Å². The number of benzene rings is 2. The van der Waals surface area contributed by atoms with Gasteiger partial charge in [0, 0.05) is 30.5 Å². The fraction of sp³-hybridized carbons (Fsp3) is 0.348. The number of likely N-dealkylation sites (tertiary alicyclic amines) is 1. The van der Waals surface area contributed by atoms with Crippen LogP contribution in [-0.2, 0) is 6.42 Å². The normalized spacial score (nSPS) is 17.9. The van der Waals surface area contributed by atoms with Crippen molar-refractivity contribution >= 4 is 16.8 Å². The third-order valence-corrected chi connectivity index (χ3v) is 5.46. The van der Waals surface area contributed by atoms with Crippen LogP contribution in [0.25, 0.3) is 10.9 Å². The number of fused-ring (bicyclic) bond motifs is 1. The molecule has 2 aromatic carbocycles. The molecule has 1 fully saturated rings. The maximum absolute atomic E-state index is 12.4. The number of aromatic nitrogens is 1. The third kappa shape index (κ3) is 4.58. The first kappa shape index (κ1) is 17.8. The number of nitrogens with zero attached hydrogens (tertiary/aromatic N) is 1. The van der Waals surface area contributed by atoms with Crippen molar-refractivity contribution in [3.05, 3.63) is 71.9 Å². The van der Waals surface area contributed by atoms with E-state index in [9.17, 15) is 4.79 Å². The summed E-state index contributed by atoms with van der Waals surface area (Å²) in [5.74, 6) is 0.689. The molecule has 1 saturated heterocycles. The van der Waals surface area contributed by atoms with E-state index < -0.39 is 0 Å². The smallest absolute Gasteiger partial charge is 0.267 e. The molecule has 0 aliphatic carbocycles. The zero-order chi connectivity index (χ0) is 18.5. The van der Waals surface area contributed by atoms with Crippen LogP contribution in [0, 0.1) is 5.92 Å². The lowest BCUT2D eigenvalue weighted by atomic mass is 9.91. The molecule has 4 heteroatoms. The van der Waals surface area contributed by atoms with Gasteiger partial charge >= 0.3 is 0 Å². The standard InChI is InChI=1S/C23H27N3O/c27-23(22-16-20-10-4-5-11-21(20)25-22)24-12-14-26-13-6-9-19(17-26)15-18-7-2-1-3-8-18/h1-5,7-8,10-11,16,19,25H,6,9,12-15,17H2,(H,24,27). The molecule has 1 aromatic heterocycles. The van der Waals surface area contributed by atoms with E-state index in [1.807, 2.05) is 30.3 Å². The van der Waals surface area contributed by atoms with Gasteiger partial charge in [0.25, 0.3) is 5.91 Å². The molecule has 4 nitrogen and oxygen atoms in total. The summed E-state index contributed by atoms with van der Waals surface area (Å²) in [5.41, 5.74) is 3.07. The van der Waals surface area contributed by atoms with Crippen molar-refractivity contribution in [3.8, 4) is 0 Å². The first-order valence-electron chi connectivity index (χ1n) is 9.90. The maximum atomic E-state index is 12.4. The van der Waals surface area contributed by atoms with E-state index in [-0.39, 0.29) is 5.91 Å². The Labute approximate surface area is 160 Å². The van der Waals surface area contributed by atoms with Crippen LogP contribution < -0.4 is 5.32 Å². The van der Waals surface area contributed by atoms with Crippen LogP contribution in [0.15, 0.2) is 60.7 Å². The Balaban J connectivity index is 1.25. The van der Waals surface area contributed by atoms with Gasteiger partial charge in [0.2, 0.25) is 0 Å². The molecule has 2 N–H and O–H groups in total. The number of piperidine rings is 1. The van der Waals surface area contributed by atoms with Gasteiger partial charge in [0.15, 0.2) is 0 Å². The Bertz CT molecular complexity index is 854. The third-order valence-electron chi connectivity index (χ3n) is 5.46. The predicted molar refractivity (Wildman–Crippen MR) is 110 cm³/mol. The van der Waals surface area contributed by atoms with Crippen molar-refractivity contribution in [1.29, 1.82) is 0 Å². The largest absolute Gasteiger partial charge is 0.351 e. The monoisotopic (exact) mass is 361 g/mol. The Hall–Kier alpha value is -2.59. The highest BCUT2D eigenvalue weighted by atomic mass is 16.1. The quantitative estimate of drug-likeness (QED) is 0.700. The molecule has 1 aliphatic rings. The molecule has 140 valence electrons. The molecule has 0 bridgehead atoms. The number of amides is 1. The van der Waals surface area contributed by atoms with Crippen molar-refractivity contribution in [2.45, 2.75) is 19.3 Å². The SMILES string of the molecule is O=C(NCCN1CCCC(Cc2ccccc2)C1)c1cc2ccccc2[nH]1. The molecular weight excluding hydrogens is 334 g/mol. The topological polar surface area (TPSA) is 48.1 Å². The van der Waals surface area contributed by atoms with Crippen LogP contribution in [0.1, 0.15) is 28.9 Å². The minimum absolute atomic E-state index is 0.0240. The molecule has 1 atom stereocenters. The molecule has 0 saturated carbocycles. The summed E-state index contributed by atoms with van der Waals surface area (Å²) in [6.45, 7) is 3.86. The van der Waals surface area contributed by atoms with Gasteiger partial charge in [-0.15, -0.1) is 0 Å². The zero-order valence-corrected chi connectivity index (χ0v) is 15.7. The van der Waals surface area contributed by atoms with Gasteiger partial charge < -0.3 is 15.2 Å². The highest BCUT2D eigenvalue weighted by Crippen LogP contribution is 2.20. The van der Waals surface area contributed by atoms with Crippen molar-refractivity contribution in [2.75, 3.05) is 26.2 Å². The first-order valence-corrected chi connectivity index (χ1v) is 9.90. The second-order valence-corrected chi connectivity index (χ2v) is 7.52. The van der Waals surface area contributed by atoms with Crippen molar-refractivity contribution in [2.24, 2.45) is 5.92 Å². The molecule has 3 aromatic rings. The van der Waals surface area contributed by atoms with Crippen LogP contribution in [0.5, 0.6) is 0 Å². The minimum atomic E-state index is -0.0240. The summed E-state index contributed by atoms with van der Waals surface area (Å²) in [5, 5.41) is 4.13. The number of hydrogen-bond acceptors (Lipinski definition) is 2. The average Bonchev–Trinajstić information content (AvgIpc) is 3.13. The number of carbonyl (C=O) groups excluding carboxylic acids is 1. The summed E-state index contributed by atoms with van der Waals surface area (Å²) in [7, 11) is 0. The first-order chi connectivity index (χ1) is 13.3. The van der Waals surface area contributed by atoms with Gasteiger partial charge in [-0.25, -0.2) is 0 Å². The van der Waals surface area contributed by atoms with Crippen molar-refractivity contribution in [3.63, 3.8) is 0 Å². The molecule has 1 unspecified atom stereocenters. The number of H-pyrrole nitrogens is 1. The molecule has 2 heterocycles. The van der Waals surface area contributed by atoms with Crippen LogP contribution in [0.2, 0.25) is 0 Å². The van der Waals surface area contributed by atoms with Gasteiger partial charge in [0.05, 0.1) is 0 Å². The van der Waals surface area contributed by atoms with E-state index in [2.05, 4.69) is 45.5 Å². The maximum Gasteiger partial charge on any atom is 0.267 e. The Morgan fingerprint density at radius 2 is 1.93 bits per heavy atom. The van der Waals surface area contributed by atoms with E-state index in [1.54, 1.807) is 0 Å². The second kappa shape index (κ2) is 8.40. The number of nitrogens with one attached hydrogen (secondary N) is 2. The highest BCUT2D eigenvalue weighted by Gasteiger charge is 2.20. The lowest BCUT2D eigenvalue weighted by Crippen LogP contribution is -2.41. The van der Waals surface area contributed by atoms with Gasteiger partial charge in [-0.05, 0) is 49.4 Å². The Kier molecular flexibility index (Phi) is 5.54. The lowest BCUT2D eigenvalue weighted by Gasteiger charge is -2.32. The molecule has 0 spiro atoms. The number of aromatic amines is 1. The van der Waals surface area contributed by atoms with Crippen LogP contribution in [0.3, 0.4) is 0 Å². The predicted octanol–water partition coefficient (Wildman–Crippen LogP) is 3.85. The molecule has 1 aliphatic heterocycles. The summed E-state index contributed by atoms with van der Waals surface area (Å²) in [6.07, 6.45) is 3.69. The van der Waals surface area contributed by atoms with E-state index in [0.29, 0.717) is 18.2 Å². The van der Waals surface area contributed by atoms with E-state index in [1.165, 1.54) is 18.4 Å². The van der Waals surface area contributed by atoms with Gasteiger partial charge in [-0.1, -0.05) is 48.5 Å². The summed E-state index contributed by atoms with van der Waals surface area (Å²) in [6, 6.07) is 20.6. The van der Waals surface area contributed by atoms with Gasteiger partial charge in [-0.2, -0.15) is 0 Å². The summed E-state index contributed by atoms with van der Waals surface area (Å²) < 4.78 is 0. The van der Waals surface area contributed by atoms with Crippen LogP contribution in [0.4, 0.5) is 0 Å². The van der Waals surface area contributed by atoms with E-state index in [4.69, 9.17) is 0 Å². The Morgan fingerprint density at radius 1 is 1.11 bits per heavy atom. The molecule has 4 rings (SSSR count). The van der Waals surface area contributed by atoms with Gasteiger partial charge in [-0.3, -0.25) is 4.79 Å². The summed E-state index contributed by atoms with van der Waals surface area (Å²) >= 11 is 0. The van der Waals surface area contributed by atoms with E-state index >= 15 is 0 Å². The molecule has 27 heavy (non-hydrogen) atoms. The number of carbonyl (C=O) groups is 1. The van der Waals surface area contributed by atoms with E-state index in [0.717, 1.165) is 37.0 Å². The molecule has 1 amide bonds. The fourth-order valence-electron chi connectivity index (χ4n) is 4.09. The second-order valence-electron chi connectivity index (χ2n) is 7.52. The minimum Gasteiger partial charge on any atom is -0.351 e. The zero-order valence-electron chi connectivity index (χ0n) is 15.7. The highest BCUT2D eigenvalue weighted by molar-refractivity contribution is 5.97. The summed E-state index contributed by atoms with van der Waals surface area (Å²) in [4.78, 5) is 18.1. The average molecular weight is 361 g/mol. The molecular formula is C23H27N3O. The van der Waals surface area contributed by atoms with Crippen molar-refractivity contribution in [1.82, 2.24) is 15.2 Å². The van der Waals surface area contributed by atoms with Crippen LogP contribution >= 0.6 is 0 Å². The molecule has 0 radical (unpaired) electrons. The Morgan fingerprint density at radius 3 is 2.78 bits per heavy atom. The number of para-hydroxylation sites is 1. The number of hydrogen-bond donors (Lipinski definition) is 2. The van der Waals surface area contributed by atoms with Gasteiger partial charge in [0.1, 0.15) is 5.69 Å². The lowest BCUT2D eigenvalue weighted by molar-refractivity contribution is 0.0938.